The van der Waals surface area contributed by atoms with Crippen molar-refractivity contribution >= 4 is 11.8 Å². The SMILES string of the molecule is CCN(CCc1ccncc1)C(=O)C(=O)N(C)Cc1ccccc1. The molecule has 126 valence electrons. The van der Waals surface area contributed by atoms with Gasteiger partial charge in [0.15, 0.2) is 0 Å². The number of pyridine rings is 1. The lowest BCUT2D eigenvalue weighted by Crippen LogP contribution is -2.44. The number of carbonyl (C=O) groups is 2. The fourth-order valence-corrected chi connectivity index (χ4v) is 2.44. The molecular formula is C19H23N3O2. The number of hydrogen-bond donors (Lipinski definition) is 0. The summed E-state index contributed by atoms with van der Waals surface area (Å²) in [7, 11) is 1.66. The number of aromatic nitrogens is 1. The van der Waals surface area contributed by atoms with E-state index in [1.165, 1.54) is 4.90 Å². The maximum Gasteiger partial charge on any atom is 0.312 e. The molecule has 0 saturated heterocycles. The zero-order chi connectivity index (χ0) is 17.4. The Balaban J connectivity index is 1.92. The van der Waals surface area contributed by atoms with Gasteiger partial charge in [-0.25, -0.2) is 0 Å². The van der Waals surface area contributed by atoms with Crippen molar-refractivity contribution in [2.75, 3.05) is 20.1 Å². The van der Waals surface area contributed by atoms with E-state index in [2.05, 4.69) is 4.98 Å². The summed E-state index contributed by atoms with van der Waals surface area (Å²) in [6.45, 7) is 3.33. The van der Waals surface area contributed by atoms with Gasteiger partial charge in [0, 0.05) is 39.1 Å². The van der Waals surface area contributed by atoms with E-state index < -0.39 is 11.8 Å². The number of benzene rings is 1. The zero-order valence-electron chi connectivity index (χ0n) is 14.2. The average molecular weight is 325 g/mol. The van der Waals surface area contributed by atoms with Crippen molar-refractivity contribution in [1.29, 1.82) is 0 Å². The molecule has 2 aromatic rings. The van der Waals surface area contributed by atoms with Crippen LogP contribution in [0, 0.1) is 0 Å². The molecule has 1 aromatic heterocycles. The fourth-order valence-electron chi connectivity index (χ4n) is 2.44. The first-order valence-electron chi connectivity index (χ1n) is 8.09. The summed E-state index contributed by atoms with van der Waals surface area (Å²) in [5, 5.41) is 0. The van der Waals surface area contributed by atoms with Gasteiger partial charge in [0.05, 0.1) is 0 Å². The van der Waals surface area contributed by atoms with Gasteiger partial charge in [-0.2, -0.15) is 0 Å². The lowest BCUT2D eigenvalue weighted by atomic mass is 10.2. The molecule has 0 bridgehead atoms. The molecule has 0 radical (unpaired) electrons. The molecule has 0 spiro atoms. The Labute approximate surface area is 142 Å². The Kier molecular flexibility index (Phi) is 6.49. The van der Waals surface area contributed by atoms with Gasteiger partial charge in [-0.15, -0.1) is 0 Å². The van der Waals surface area contributed by atoms with Crippen LogP contribution in [-0.4, -0.2) is 46.7 Å². The molecule has 2 rings (SSSR count). The summed E-state index contributed by atoms with van der Waals surface area (Å²) in [5.41, 5.74) is 2.10. The Morgan fingerprint density at radius 2 is 1.62 bits per heavy atom. The minimum atomic E-state index is -0.476. The first-order valence-corrected chi connectivity index (χ1v) is 8.09. The van der Waals surface area contributed by atoms with Gasteiger partial charge in [0.25, 0.3) is 0 Å². The van der Waals surface area contributed by atoms with Crippen molar-refractivity contribution in [2.45, 2.75) is 19.9 Å². The number of likely N-dealkylation sites (N-methyl/N-ethyl adjacent to an activating group) is 2. The van der Waals surface area contributed by atoms with E-state index in [1.54, 1.807) is 24.3 Å². The van der Waals surface area contributed by atoms with Gasteiger partial charge in [0.2, 0.25) is 0 Å². The first-order chi connectivity index (χ1) is 11.6. The molecule has 0 aliphatic carbocycles. The second kappa shape index (κ2) is 8.82. The highest BCUT2D eigenvalue weighted by Crippen LogP contribution is 2.05. The standard InChI is InChI=1S/C19H23N3O2/c1-3-22(14-11-16-9-12-20-13-10-16)19(24)18(23)21(2)15-17-7-5-4-6-8-17/h4-10,12-13H,3,11,14-15H2,1-2H3. The Morgan fingerprint density at radius 3 is 2.25 bits per heavy atom. The molecule has 0 aliphatic rings. The molecule has 24 heavy (non-hydrogen) atoms. The van der Waals surface area contributed by atoms with Gasteiger partial charge in [-0.05, 0) is 36.6 Å². The second-order valence-electron chi connectivity index (χ2n) is 5.64. The van der Waals surface area contributed by atoms with Crippen LogP contribution >= 0.6 is 0 Å². The minimum absolute atomic E-state index is 0.424. The number of carbonyl (C=O) groups excluding carboxylic acids is 2. The van der Waals surface area contributed by atoms with E-state index in [0.29, 0.717) is 26.1 Å². The van der Waals surface area contributed by atoms with Crippen LogP contribution in [0.4, 0.5) is 0 Å². The smallest absolute Gasteiger partial charge is 0.312 e. The lowest BCUT2D eigenvalue weighted by Gasteiger charge is -2.24. The van der Waals surface area contributed by atoms with Crippen LogP contribution in [0.2, 0.25) is 0 Å². The van der Waals surface area contributed by atoms with Crippen LogP contribution in [0.1, 0.15) is 18.1 Å². The Bertz CT molecular complexity index is 659. The third kappa shape index (κ3) is 4.91. The van der Waals surface area contributed by atoms with Crippen molar-refractivity contribution in [1.82, 2.24) is 14.8 Å². The first kappa shape index (κ1) is 17.7. The number of amides is 2. The van der Waals surface area contributed by atoms with Gasteiger partial charge in [0.1, 0.15) is 0 Å². The summed E-state index contributed by atoms with van der Waals surface area (Å²) in [5.74, 6) is -0.930. The third-order valence-electron chi connectivity index (χ3n) is 3.88. The predicted molar refractivity (Wildman–Crippen MR) is 93.1 cm³/mol. The second-order valence-corrected chi connectivity index (χ2v) is 5.64. The summed E-state index contributed by atoms with van der Waals surface area (Å²) in [6, 6.07) is 13.5. The molecule has 0 unspecified atom stereocenters. The molecule has 1 heterocycles. The quantitative estimate of drug-likeness (QED) is 0.765. The van der Waals surface area contributed by atoms with E-state index in [-0.39, 0.29) is 0 Å². The van der Waals surface area contributed by atoms with Crippen molar-refractivity contribution < 1.29 is 9.59 Å². The molecule has 0 aliphatic heterocycles. The Hall–Kier alpha value is -2.69. The van der Waals surface area contributed by atoms with Crippen LogP contribution < -0.4 is 0 Å². The van der Waals surface area contributed by atoms with Gasteiger partial charge < -0.3 is 9.80 Å². The maximum absolute atomic E-state index is 12.4. The lowest BCUT2D eigenvalue weighted by molar-refractivity contribution is -0.151. The molecule has 1 aromatic carbocycles. The summed E-state index contributed by atoms with van der Waals surface area (Å²) >= 11 is 0. The van der Waals surface area contributed by atoms with Gasteiger partial charge >= 0.3 is 11.8 Å². The largest absolute Gasteiger partial charge is 0.334 e. The number of rotatable bonds is 6. The van der Waals surface area contributed by atoms with E-state index in [1.807, 2.05) is 49.4 Å². The van der Waals surface area contributed by atoms with Crippen LogP contribution in [0.5, 0.6) is 0 Å². The molecule has 0 saturated carbocycles. The monoisotopic (exact) mass is 325 g/mol. The van der Waals surface area contributed by atoms with E-state index >= 15 is 0 Å². The molecule has 0 N–H and O–H groups in total. The summed E-state index contributed by atoms with van der Waals surface area (Å²) in [6.07, 6.45) is 4.16. The molecule has 5 nitrogen and oxygen atoms in total. The summed E-state index contributed by atoms with van der Waals surface area (Å²) in [4.78, 5) is 31.9. The normalized spacial score (nSPS) is 10.2. The molecular weight excluding hydrogens is 302 g/mol. The van der Waals surface area contributed by atoms with Crippen LogP contribution in [0.3, 0.4) is 0 Å². The zero-order valence-corrected chi connectivity index (χ0v) is 14.2. The predicted octanol–water partition coefficient (Wildman–Crippen LogP) is 2.13. The van der Waals surface area contributed by atoms with Crippen LogP contribution in [0.25, 0.3) is 0 Å². The minimum Gasteiger partial charge on any atom is -0.334 e. The molecule has 0 fully saturated rings. The highest BCUT2D eigenvalue weighted by Gasteiger charge is 2.23. The van der Waals surface area contributed by atoms with Crippen LogP contribution in [-0.2, 0) is 22.6 Å². The van der Waals surface area contributed by atoms with E-state index in [0.717, 1.165) is 11.1 Å². The summed E-state index contributed by atoms with van der Waals surface area (Å²) < 4.78 is 0. The van der Waals surface area contributed by atoms with E-state index in [9.17, 15) is 9.59 Å². The van der Waals surface area contributed by atoms with Gasteiger partial charge in [-0.1, -0.05) is 30.3 Å². The Morgan fingerprint density at radius 1 is 0.958 bits per heavy atom. The van der Waals surface area contributed by atoms with Crippen molar-refractivity contribution in [2.24, 2.45) is 0 Å². The number of nitrogens with zero attached hydrogens (tertiary/aromatic N) is 3. The number of hydrogen-bond acceptors (Lipinski definition) is 3. The highest BCUT2D eigenvalue weighted by atomic mass is 16.2. The molecule has 2 amide bonds. The highest BCUT2D eigenvalue weighted by molar-refractivity contribution is 6.34. The van der Waals surface area contributed by atoms with Crippen molar-refractivity contribution in [3.05, 3.63) is 66.0 Å². The van der Waals surface area contributed by atoms with Gasteiger partial charge in [-0.3, -0.25) is 14.6 Å². The third-order valence-corrected chi connectivity index (χ3v) is 3.88. The molecule has 5 heteroatoms. The average Bonchev–Trinajstić information content (AvgIpc) is 2.63. The topological polar surface area (TPSA) is 53.5 Å². The van der Waals surface area contributed by atoms with Crippen molar-refractivity contribution in [3.8, 4) is 0 Å². The fraction of sp³-hybridized carbons (Fsp3) is 0.316. The maximum atomic E-state index is 12.4. The molecule has 0 atom stereocenters. The van der Waals surface area contributed by atoms with Crippen molar-refractivity contribution in [3.63, 3.8) is 0 Å². The van der Waals surface area contributed by atoms with E-state index in [4.69, 9.17) is 0 Å². The van der Waals surface area contributed by atoms with Crippen LogP contribution in [0.15, 0.2) is 54.9 Å².